The van der Waals surface area contributed by atoms with Crippen molar-refractivity contribution in [2.45, 2.75) is 6.92 Å². The summed E-state index contributed by atoms with van der Waals surface area (Å²) in [4.78, 5) is 36.6. The predicted octanol–water partition coefficient (Wildman–Crippen LogP) is 2.32. The number of esters is 1. The van der Waals surface area contributed by atoms with Crippen molar-refractivity contribution in [3.8, 4) is 11.5 Å². The van der Waals surface area contributed by atoms with Crippen LogP contribution in [0.25, 0.3) is 6.08 Å². The monoisotopic (exact) mass is 486 g/mol. The molecule has 9 heteroatoms. The van der Waals surface area contributed by atoms with Gasteiger partial charge in [-0.05, 0) is 53.3 Å². The summed E-state index contributed by atoms with van der Waals surface area (Å²) in [5.41, 5.74) is 0.781. The second-order valence-corrected chi connectivity index (χ2v) is 6.48. The Bertz CT molecular complexity index is 805. The molecule has 1 aliphatic heterocycles. The van der Waals surface area contributed by atoms with Crippen molar-refractivity contribution in [2.75, 3.05) is 26.9 Å². The number of imide groups is 1. The van der Waals surface area contributed by atoms with Crippen molar-refractivity contribution in [1.82, 2.24) is 10.2 Å². The summed E-state index contributed by atoms with van der Waals surface area (Å²) < 4.78 is 16.3. The number of hydrogen-bond donors (Lipinski definition) is 1. The van der Waals surface area contributed by atoms with Crippen LogP contribution in [0.15, 0.2) is 30.5 Å². The number of ether oxygens (including phenoxy) is 3. The van der Waals surface area contributed by atoms with Crippen molar-refractivity contribution in [2.24, 2.45) is 0 Å². The molecule has 0 aromatic heterocycles. The van der Waals surface area contributed by atoms with Gasteiger partial charge in [0.25, 0.3) is 5.91 Å². The lowest BCUT2D eigenvalue weighted by Crippen LogP contribution is -2.30. The Morgan fingerprint density at radius 2 is 2.11 bits per heavy atom. The Labute approximate surface area is 170 Å². The molecule has 0 saturated carbocycles. The zero-order valence-corrected chi connectivity index (χ0v) is 17.1. The number of methoxy groups -OCH3 is 1. The lowest BCUT2D eigenvalue weighted by molar-refractivity contribution is -0.145. The van der Waals surface area contributed by atoms with Gasteiger partial charge in [0.05, 0.1) is 17.3 Å². The molecule has 1 aromatic carbocycles. The smallest absolute Gasteiger partial charge is 0.344 e. The van der Waals surface area contributed by atoms with Crippen molar-refractivity contribution >= 4 is 46.6 Å². The molecule has 1 aliphatic rings. The molecule has 1 N–H and O–H groups in total. The van der Waals surface area contributed by atoms with Gasteiger partial charge in [-0.15, -0.1) is 6.58 Å². The maximum atomic E-state index is 12.3. The number of halogens is 1. The standard InChI is InChI=1S/C18H19IN2O6/c1-4-6-21-17(23)13(20-18(21)24)8-11-7-12(19)16(14(9-11)25-3)27-10-15(22)26-5-2/h4,7-9H,1,5-6,10H2,2-3H3,(H,20,24)/b13-8+. The zero-order valence-electron chi connectivity index (χ0n) is 14.9. The minimum atomic E-state index is -0.498. The van der Waals surface area contributed by atoms with E-state index in [4.69, 9.17) is 14.2 Å². The lowest BCUT2D eigenvalue weighted by Gasteiger charge is -2.13. The van der Waals surface area contributed by atoms with Crippen LogP contribution in [-0.2, 0) is 14.3 Å². The Balaban J connectivity index is 2.26. The van der Waals surface area contributed by atoms with Crippen LogP contribution in [0.4, 0.5) is 4.79 Å². The summed E-state index contributed by atoms with van der Waals surface area (Å²) in [7, 11) is 1.47. The highest BCUT2D eigenvalue weighted by molar-refractivity contribution is 14.1. The van der Waals surface area contributed by atoms with E-state index in [1.165, 1.54) is 13.2 Å². The van der Waals surface area contributed by atoms with Crippen LogP contribution in [0, 0.1) is 3.57 Å². The topological polar surface area (TPSA) is 94.2 Å². The number of nitrogens with zero attached hydrogens (tertiary/aromatic N) is 1. The first-order valence-corrected chi connectivity index (χ1v) is 9.10. The second kappa shape index (κ2) is 9.40. The average Bonchev–Trinajstić information content (AvgIpc) is 2.88. The molecular formula is C18H19IN2O6. The highest BCUT2D eigenvalue weighted by Crippen LogP contribution is 2.34. The number of hydrogen-bond acceptors (Lipinski definition) is 6. The first-order valence-electron chi connectivity index (χ1n) is 8.02. The fourth-order valence-corrected chi connectivity index (χ4v) is 3.11. The van der Waals surface area contributed by atoms with Crippen molar-refractivity contribution in [3.05, 3.63) is 39.6 Å². The van der Waals surface area contributed by atoms with Gasteiger partial charge in [0.1, 0.15) is 5.70 Å². The third-order valence-electron chi connectivity index (χ3n) is 3.48. The van der Waals surface area contributed by atoms with E-state index in [9.17, 15) is 14.4 Å². The van der Waals surface area contributed by atoms with Gasteiger partial charge >= 0.3 is 12.0 Å². The van der Waals surface area contributed by atoms with Crippen LogP contribution in [-0.4, -0.2) is 49.7 Å². The lowest BCUT2D eigenvalue weighted by atomic mass is 10.1. The molecule has 0 unspecified atom stereocenters. The Morgan fingerprint density at radius 1 is 1.37 bits per heavy atom. The zero-order chi connectivity index (χ0) is 20.0. The third kappa shape index (κ3) is 5.00. The molecule has 27 heavy (non-hydrogen) atoms. The summed E-state index contributed by atoms with van der Waals surface area (Å²) >= 11 is 2.03. The molecule has 144 valence electrons. The number of nitrogens with one attached hydrogen (secondary N) is 1. The average molecular weight is 486 g/mol. The molecule has 0 radical (unpaired) electrons. The van der Waals surface area contributed by atoms with E-state index in [0.717, 1.165) is 4.90 Å². The highest BCUT2D eigenvalue weighted by Gasteiger charge is 2.32. The largest absolute Gasteiger partial charge is 0.493 e. The van der Waals surface area contributed by atoms with Crippen LogP contribution >= 0.6 is 22.6 Å². The van der Waals surface area contributed by atoms with Crippen molar-refractivity contribution in [1.29, 1.82) is 0 Å². The third-order valence-corrected chi connectivity index (χ3v) is 4.28. The molecule has 1 fully saturated rings. The Kier molecular flexibility index (Phi) is 7.22. The van der Waals surface area contributed by atoms with Gasteiger partial charge in [0, 0.05) is 6.54 Å². The van der Waals surface area contributed by atoms with Gasteiger partial charge in [-0.3, -0.25) is 9.69 Å². The predicted molar refractivity (Wildman–Crippen MR) is 106 cm³/mol. The van der Waals surface area contributed by atoms with Crippen molar-refractivity contribution < 1.29 is 28.6 Å². The minimum absolute atomic E-state index is 0.128. The summed E-state index contributed by atoms with van der Waals surface area (Å²) in [5, 5.41) is 2.53. The van der Waals surface area contributed by atoms with E-state index in [1.807, 2.05) is 22.6 Å². The Hall–Kier alpha value is -2.56. The molecule has 3 amide bonds. The quantitative estimate of drug-likeness (QED) is 0.199. The molecule has 0 bridgehead atoms. The number of carbonyl (C=O) groups excluding carboxylic acids is 3. The van der Waals surface area contributed by atoms with Gasteiger partial charge in [0.15, 0.2) is 18.1 Å². The maximum Gasteiger partial charge on any atom is 0.344 e. The van der Waals surface area contributed by atoms with Crippen LogP contribution in [0.1, 0.15) is 12.5 Å². The molecule has 1 heterocycles. The summed E-state index contributed by atoms with van der Waals surface area (Å²) in [6, 6.07) is 2.89. The molecule has 8 nitrogen and oxygen atoms in total. The fourth-order valence-electron chi connectivity index (χ4n) is 2.33. The summed E-state index contributed by atoms with van der Waals surface area (Å²) in [6.45, 7) is 5.40. The molecule has 1 aromatic rings. The fraction of sp³-hybridized carbons (Fsp3) is 0.278. The molecular weight excluding hydrogens is 467 g/mol. The first-order chi connectivity index (χ1) is 12.9. The van der Waals surface area contributed by atoms with E-state index >= 15 is 0 Å². The van der Waals surface area contributed by atoms with Crippen LogP contribution in [0.3, 0.4) is 0 Å². The highest BCUT2D eigenvalue weighted by atomic mass is 127. The maximum absolute atomic E-state index is 12.3. The summed E-state index contributed by atoms with van der Waals surface area (Å²) in [6.07, 6.45) is 3.02. The second-order valence-electron chi connectivity index (χ2n) is 5.32. The number of carbonyl (C=O) groups is 3. The van der Waals surface area contributed by atoms with Gasteiger partial charge in [-0.2, -0.15) is 0 Å². The molecule has 0 aliphatic carbocycles. The first kappa shape index (κ1) is 20.7. The van der Waals surface area contributed by atoms with Crippen LogP contribution in [0.2, 0.25) is 0 Å². The minimum Gasteiger partial charge on any atom is -0.493 e. The molecule has 0 atom stereocenters. The number of urea groups is 1. The van der Waals surface area contributed by atoms with Gasteiger partial charge < -0.3 is 19.5 Å². The SMILES string of the molecule is C=CCN1C(=O)N/C(=C/c2cc(I)c(OCC(=O)OCC)c(OC)c2)C1=O. The molecule has 1 saturated heterocycles. The van der Waals surface area contributed by atoms with E-state index < -0.39 is 17.9 Å². The van der Waals surface area contributed by atoms with Gasteiger partial charge in [-0.1, -0.05) is 6.08 Å². The number of amides is 3. The number of rotatable bonds is 8. The summed E-state index contributed by atoms with van der Waals surface area (Å²) in [5.74, 6) is -0.138. The normalized spacial score (nSPS) is 14.9. The van der Waals surface area contributed by atoms with E-state index in [2.05, 4.69) is 11.9 Å². The van der Waals surface area contributed by atoms with E-state index in [1.54, 1.807) is 25.1 Å². The van der Waals surface area contributed by atoms with Crippen LogP contribution < -0.4 is 14.8 Å². The van der Waals surface area contributed by atoms with E-state index in [-0.39, 0.29) is 25.5 Å². The van der Waals surface area contributed by atoms with Gasteiger partial charge in [0.2, 0.25) is 0 Å². The van der Waals surface area contributed by atoms with Crippen molar-refractivity contribution in [3.63, 3.8) is 0 Å². The Morgan fingerprint density at radius 3 is 2.74 bits per heavy atom. The molecule has 0 spiro atoms. The van der Waals surface area contributed by atoms with Crippen LogP contribution in [0.5, 0.6) is 11.5 Å². The van der Waals surface area contributed by atoms with Gasteiger partial charge in [-0.25, -0.2) is 9.59 Å². The van der Waals surface area contributed by atoms with E-state index in [0.29, 0.717) is 20.6 Å². The molecule has 2 rings (SSSR count). The number of benzene rings is 1.